The van der Waals surface area contributed by atoms with Gasteiger partial charge in [-0.2, -0.15) is 0 Å². The summed E-state index contributed by atoms with van der Waals surface area (Å²) < 4.78 is 13.4. The van der Waals surface area contributed by atoms with Crippen molar-refractivity contribution in [2.24, 2.45) is 4.99 Å². The molecule has 14 heavy (non-hydrogen) atoms. The van der Waals surface area contributed by atoms with Gasteiger partial charge in [-0.1, -0.05) is 23.9 Å². The first-order chi connectivity index (χ1) is 6.86. The summed E-state index contributed by atoms with van der Waals surface area (Å²) in [5.74, 6) is 0. The average molecular weight is 194 g/mol. The lowest BCUT2D eigenvalue weighted by Gasteiger charge is -1.99. The molecule has 5 heteroatoms. The molecule has 1 aromatic heterocycles. The molecule has 1 aromatic rings. The number of nitrogens with zero attached hydrogens (tertiary/aromatic N) is 4. The molecule has 1 heterocycles. The predicted octanol–water partition coefficient (Wildman–Crippen LogP) is 1.39. The second-order valence-corrected chi connectivity index (χ2v) is 2.51. The van der Waals surface area contributed by atoms with E-state index in [2.05, 4.69) is 21.9 Å². The maximum atomic E-state index is 11.8. The number of hydrogen-bond acceptors (Lipinski definition) is 3. The third kappa shape index (κ3) is 3.30. The Bertz CT molecular complexity index is 327. The number of halogens is 1. The van der Waals surface area contributed by atoms with Crippen LogP contribution in [0.3, 0.4) is 0 Å². The number of aliphatic imine (C=N–C) groups is 1. The first kappa shape index (κ1) is 10.3. The monoisotopic (exact) mass is 194 g/mol. The minimum absolute atomic E-state index is 0.509. The molecule has 0 saturated heterocycles. The molecule has 74 valence electrons. The first-order valence-corrected chi connectivity index (χ1v) is 4.08. The van der Waals surface area contributed by atoms with E-state index in [-0.39, 0.29) is 0 Å². The average Bonchev–Trinajstić information content (AvgIpc) is 2.67. The zero-order chi connectivity index (χ0) is 10.2. The van der Waals surface area contributed by atoms with Crippen molar-refractivity contribution in [1.82, 2.24) is 15.0 Å². The van der Waals surface area contributed by atoms with E-state index in [0.29, 0.717) is 6.54 Å². The summed E-state index contributed by atoms with van der Waals surface area (Å²) in [6.07, 6.45) is 8.14. The van der Waals surface area contributed by atoms with Crippen molar-refractivity contribution in [2.45, 2.75) is 6.54 Å². The summed E-state index contributed by atoms with van der Waals surface area (Å²) in [4.78, 5) is 3.50. The van der Waals surface area contributed by atoms with Gasteiger partial charge in [-0.25, -0.2) is 9.07 Å². The van der Waals surface area contributed by atoms with Gasteiger partial charge in [0.1, 0.15) is 0 Å². The fourth-order valence-electron chi connectivity index (χ4n) is 0.944. The lowest BCUT2D eigenvalue weighted by molar-refractivity contribution is 0.513. The Morgan fingerprint density at radius 3 is 3.07 bits per heavy atom. The Labute approximate surface area is 81.5 Å². The van der Waals surface area contributed by atoms with Gasteiger partial charge in [-0.15, -0.1) is 5.10 Å². The van der Waals surface area contributed by atoms with Gasteiger partial charge in [0.25, 0.3) is 0 Å². The Morgan fingerprint density at radius 2 is 2.50 bits per heavy atom. The van der Waals surface area contributed by atoms with E-state index in [0.717, 1.165) is 5.57 Å². The molecule has 0 fully saturated rings. The van der Waals surface area contributed by atoms with Gasteiger partial charge in [0.2, 0.25) is 0 Å². The molecule has 0 amide bonds. The van der Waals surface area contributed by atoms with Crippen LogP contribution in [0.4, 0.5) is 4.39 Å². The second-order valence-electron chi connectivity index (χ2n) is 2.51. The van der Waals surface area contributed by atoms with Gasteiger partial charge in [-0.3, -0.25) is 4.99 Å². The van der Waals surface area contributed by atoms with E-state index in [1.54, 1.807) is 29.2 Å². The molecule has 0 aliphatic rings. The molecule has 4 nitrogen and oxygen atoms in total. The fourth-order valence-corrected chi connectivity index (χ4v) is 0.944. The summed E-state index contributed by atoms with van der Waals surface area (Å²) in [5, 5.41) is 7.44. The van der Waals surface area contributed by atoms with Crippen LogP contribution in [0.5, 0.6) is 0 Å². The van der Waals surface area contributed by atoms with E-state index in [9.17, 15) is 4.39 Å². The third-order valence-electron chi connectivity index (χ3n) is 1.47. The lowest BCUT2D eigenvalue weighted by atomic mass is 10.2. The topological polar surface area (TPSA) is 43.1 Å². The van der Waals surface area contributed by atoms with Gasteiger partial charge in [0, 0.05) is 12.4 Å². The van der Waals surface area contributed by atoms with Gasteiger partial charge in [-0.05, 0) is 5.57 Å². The van der Waals surface area contributed by atoms with Crippen molar-refractivity contribution in [3.63, 3.8) is 0 Å². The molecule has 0 aromatic carbocycles. The van der Waals surface area contributed by atoms with Crippen LogP contribution in [0, 0.1) is 0 Å². The van der Waals surface area contributed by atoms with Gasteiger partial charge >= 0.3 is 0 Å². The van der Waals surface area contributed by atoms with Crippen molar-refractivity contribution in [3.8, 4) is 0 Å². The molecule has 1 rings (SSSR count). The number of hydrogen-bond donors (Lipinski definition) is 0. The fraction of sp³-hybridized carbons (Fsp3) is 0.222. The van der Waals surface area contributed by atoms with E-state index < -0.39 is 6.80 Å². The summed E-state index contributed by atoms with van der Waals surface area (Å²) in [6, 6.07) is 0. The van der Waals surface area contributed by atoms with Crippen LogP contribution in [0.2, 0.25) is 0 Å². The Balaban J connectivity index is 2.65. The molecule has 0 bridgehead atoms. The Morgan fingerprint density at radius 1 is 1.64 bits per heavy atom. The summed E-state index contributed by atoms with van der Waals surface area (Å²) in [6.45, 7) is 3.35. The zero-order valence-electron chi connectivity index (χ0n) is 7.67. The van der Waals surface area contributed by atoms with E-state index in [1.807, 2.05) is 0 Å². The second kappa shape index (κ2) is 5.80. The highest BCUT2D eigenvalue weighted by Gasteiger charge is 1.95. The van der Waals surface area contributed by atoms with Crippen LogP contribution in [-0.4, -0.2) is 28.0 Å². The molecule has 0 spiro atoms. The quantitative estimate of drug-likeness (QED) is 0.404. The molecular formula is C9H11FN4. The minimum Gasteiger partial charge on any atom is -0.259 e. The van der Waals surface area contributed by atoms with Crippen molar-refractivity contribution < 1.29 is 4.39 Å². The van der Waals surface area contributed by atoms with Crippen LogP contribution in [0.25, 0.3) is 0 Å². The predicted molar refractivity (Wildman–Crippen MR) is 52.8 cm³/mol. The molecular weight excluding hydrogens is 183 g/mol. The maximum Gasteiger partial charge on any atom is 0.179 e. The Kier molecular flexibility index (Phi) is 4.26. The molecule has 0 atom stereocenters. The van der Waals surface area contributed by atoms with Crippen LogP contribution in [-0.2, 0) is 6.54 Å². The molecule has 0 radical (unpaired) electrons. The lowest BCUT2D eigenvalue weighted by Crippen LogP contribution is -2.03. The maximum absolute atomic E-state index is 11.8. The van der Waals surface area contributed by atoms with Gasteiger partial charge in [0.05, 0.1) is 12.7 Å². The number of rotatable bonds is 5. The van der Waals surface area contributed by atoms with Gasteiger partial charge in [0.15, 0.2) is 6.80 Å². The van der Waals surface area contributed by atoms with Gasteiger partial charge < -0.3 is 0 Å². The van der Waals surface area contributed by atoms with Crippen molar-refractivity contribution in [2.75, 3.05) is 6.80 Å². The van der Waals surface area contributed by atoms with E-state index in [4.69, 9.17) is 0 Å². The number of alkyl halides is 1. The number of allylic oxidation sites excluding steroid dienone is 3. The van der Waals surface area contributed by atoms with Crippen LogP contribution < -0.4 is 0 Å². The standard InChI is InChI=1S/C9H11FN4/c1-2-3-9(6-11-8-10)7-14-5-4-12-13-14/h2-6H,1,7-8H2/b9-3+,11-6?. The highest BCUT2D eigenvalue weighted by molar-refractivity contribution is 5.78. The number of aromatic nitrogens is 3. The molecule has 0 N–H and O–H groups in total. The Hall–Kier alpha value is -1.78. The molecule has 0 aliphatic carbocycles. The summed E-state index contributed by atoms with van der Waals surface area (Å²) >= 11 is 0. The normalized spacial score (nSPS) is 12.2. The first-order valence-electron chi connectivity index (χ1n) is 4.08. The van der Waals surface area contributed by atoms with Crippen LogP contribution >= 0.6 is 0 Å². The highest BCUT2D eigenvalue weighted by Crippen LogP contribution is 1.96. The minimum atomic E-state index is -0.716. The SMILES string of the molecule is C=C/C=C(\C=NCF)Cn1ccnn1. The highest BCUT2D eigenvalue weighted by atomic mass is 19.1. The summed E-state index contributed by atoms with van der Waals surface area (Å²) in [5.41, 5.74) is 0.822. The third-order valence-corrected chi connectivity index (χ3v) is 1.47. The van der Waals surface area contributed by atoms with Crippen LogP contribution in [0.1, 0.15) is 0 Å². The van der Waals surface area contributed by atoms with Crippen molar-refractivity contribution >= 4 is 6.21 Å². The van der Waals surface area contributed by atoms with Crippen molar-refractivity contribution in [1.29, 1.82) is 0 Å². The van der Waals surface area contributed by atoms with Crippen molar-refractivity contribution in [3.05, 3.63) is 36.7 Å². The zero-order valence-corrected chi connectivity index (χ0v) is 7.67. The largest absolute Gasteiger partial charge is 0.259 e. The van der Waals surface area contributed by atoms with E-state index >= 15 is 0 Å². The van der Waals surface area contributed by atoms with Crippen LogP contribution in [0.15, 0.2) is 41.7 Å². The molecule has 0 saturated carbocycles. The van der Waals surface area contributed by atoms with E-state index in [1.165, 1.54) is 6.21 Å². The molecule has 0 aliphatic heterocycles. The summed E-state index contributed by atoms with van der Waals surface area (Å²) in [7, 11) is 0. The molecule has 0 unspecified atom stereocenters. The smallest absolute Gasteiger partial charge is 0.179 e.